The van der Waals surface area contributed by atoms with Gasteiger partial charge >= 0.3 is 5.97 Å². The number of carbonyl (C=O) groups is 2. The number of nitrogens with zero attached hydrogens (tertiary/aromatic N) is 2. The highest BCUT2D eigenvalue weighted by Crippen LogP contribution is 2.55. The molecule has 5 rings (SSSR count). The van der Waals surface area contributed by atoms with Gasteiger partial charge in [0.1, 0.15) is 0 Å². The maximum atomic E-state index is 13.8. The fourth-order valence-electron chi connectivity index (χ4n) is 5.29. The number of hydrogen-bond donors (Lipinski definition) is 0. The summed E-state index contributed by atoms with van der Waals surface area (Å²) in [6.07, 6.45) is 6.27. The van der Waals surface area contributed by atoms with Gasteiger partial charge in [-0.05, 0) is 38.5 Å². The number of fused-ring (bicyclic) bond motifs is 1. The number of carbonyl (C=O) groups excluding carboxylic acids is 2. The standard InChI is InChI=1S/C22H26N2O8SSi/c1-31-21(26)14-13-16-20(25)23(33(29,30)18-11-6-5-10-17(18)24(27)28)19(14)15-9-7-8-12-22(15,16)32-34(2,3)4/h5-6,8,10-13,15-16,19H,7,9H2,1-4H3/t15?,16-,19-,22?/m0/s1. The summed E-state index contributed by atoms with van der Waals surface area (Å²) in [4.78, 5) is 36.7. The molecule has 34 heavy (non-hydrogen) atoms. The Morgan fingerprint density at radius 2 is 1.94 bits per heavy atom. The minimum absolute atomic E-state index is 0.0457. The average Bonchev–Trinajstić information content (AvgIpc) is 2.77. The van der Waals surface area contributed by atoms with Crippen molar-refractivity contribution in [3.63, 3.8) is 0 Å². The molecule has 1 aromatic carbocycles. The van der Waals surface area contributed by atoms with Crippen LogP contribution >= 0.6 is 0 Å². The van der Waals surface area contributed by atoms with E-state index in [-0.39, 0.29) is 5.57 Å². The lowest BCUT2D eigenvalue weighted by Gasteiger charge is -2.59. The minimum Gasteiger partial charge on any atom is -0.466 e. The molecule has 182 valence electrons. The molecule has 0 radical (unpaired) electrons. The van der Waals surface area contributed by atoms with E-state index in [4.69, 9.17) is 9.16 Å². The van der Waals surface area contributed by atoms with Crippen LogP contribution in [0.5, 0.6) is 0 Å². The van der Waals surface area contributed by atoms with E-state index in [1.807, 2.05) is 31.8 Å². The van der Waals surface area contributed by atoms with E-state index in [2.05, 4.69) is 0 Å². The highest BCUT2D eigenvalue weighted by atomic mass is 32.2. The molecule has 4 aliphatic rings. The predicted molar refractivity (Wildman–Crippen MR) is 124 cm³/mol. The lowest BCUT2D eigenvalue weighted by molar-refractivity contribution is -0.387. The molecule has 12 heteroatoms. The monoisotopic (exact) mass is 506 g/mol. The number of sulfonamides is 1. The zero-order valence-corrected chi connectivity index (χ0v) is 21.1. The molecule has 0 spiro atoms. The number of nitro groups is 1. The Labute approximate surface area is 198 Å². The van der Waals surface area contributed by atoms with Crippen molar-refractivity contribution < 1.29 is 32.1 Å². The van der Waals surface area contributed by atoms with Crippen molar-refractivity contribution in [1.82, 2.24) is 4.31 Å². The molecule has 0 aromatic heterocycles. The molecule has 1 fully saturated rings. The van der Waals surface area contributed by atoms with E-state index in [0.29, 0.717) is 17.1 Å². The van der Waals surface area contributed by atoms with Gasteiger partial charge in [-0.15, -0.1) is 0 Å². The van der Waals surface area contributed by atoms with Crippen LogP contribution in [0.25, 0.3) is 0 Å². The molecular weight excluding hydrogens is 480 g/mol. The number of benzene rings is 1. The van der Waals surface area contributed by atoms with Gasteiger partial charge in [0.15, 0.2) is 13.2 Å². The van der Waals surface area contributed by atoms with Crippen molar-refractivity contribution in [3.05, 3.63) is 58.2 Å². The summed E-state index contributed by atoms with van der Waals surface area (Å²) in [5.41, 5.74) is -1.70. The third-order valence-electron chi connectivity index (χ3n) is 6.37. The fourth-order valence-corrected chi connectivity index (χ4v) is 8.48. The summed E-state index contributed by atoms with van der Waals surface area (Å²) in [5, 5.41) is 11.6. The second kappa shape index (κ2) is 8.13. The van der Waals surface area contributed by atoms with Gasteiger partial charge in [0.05, 0.1) is 35.2 Å². The fraction of sp³-hybridized carbons (Fsp3) is 0.455. The Balaban J connectivity index is 1.95. The van der Waals surface area contributed by atoms with Crippen LogP contribution < -0.4 is 0 Å². The van der Waals surface area contributed by atoms with Crippen molar-refractivity contribution in [2.45, 2.75) is 49.0 Å². The van der Waals surface area contributed by atoms with Crippen molar-refractivity contribution >= 4 is 35.9 Å². The van der Waals surface area contributed by atoms with Crippen LogP contribution in [0, 0.1) is 22.0 Å². The molecule has 2 aliphatic heterocycles. The van der Waals surface area contributed by atoms with Crippen LogP contribution in [0.15, 0.2) is 53.0 Å². The highest BCUT2D eigenvalue weighted by Gasteiger charge is 2.66. The van der Waals surface area contributed by atoms with Crippen LogP contribution in [0.3, 0.4) is 0 Å². The van der Waals surface area contributed by atoms with Gasteiger partial charge in [-0.2, -0.15) is 0 Å². The quantitative estimate of drug-likeness (QED) is 0.189. The molecule has 1 saturated heterocycles. The summed E-state index contributed by atoms with van der Waals surface area (Å²) in [7, 11) is -5.76. The zero-order valence-electron chi connectivity index (χ0n) is 19.3. The molecular formula is C22H26N2O8SSi. The van der Waals surface area contributed by atoms with E-state index in [1.54, 1.807) is 0 Å². The third-order valence-corrected chi connectivity index (χ3v) is 9.17. The first-order valence-electron chi connectivity index (χ1n) is 10.8. The van der Waals surface area contributed by atoms with E-state index in [9.17, 15) is 28.1 Å². The van der Waals surface area contributed by atoms with Gasteiger partial charge in [0.2, 0.25) is 5.91 Å². The van der Waals surface area contributed by atoms with Gasteiger partial charge in [0, 0.05) is 12.0 Å². The second-order valence-electron chi connectivity index (χ2n) is 9.55. The normalized spacial score (nSPS) is 28.4. The molecule has 2 aliphatic carbocycles. The smallest absolute Gasteiger partial charge is 0.335 e. The number of nitro benzene ring substituents is 1. The molecule has 0 N–H and O–H groups in total. The summed E-state index contributed by atoms with van der Waals surface area (Å²) >= 11 is 0. The lowest BCUT2D eigenvalue weighted by atomic mass is 9.60. The Kier molecular flexibility index (Phi) is 5.81. The second-order valence-corrected chi connectivity index (χ2v) is 15.8. The number of ether oxygens (including phenoxy) is 1. The summed E-state index contributed by atoms with van der Waals surface area (Å²) < 4.78 is 39.8. The highest BCUT2D eigenvalue weighted by molar-refractivity contribution is 7.89. The Morgan fingerprint density at radius 1 is 1.26 bits per heavy atom. The van der Waals surface area contributed by atoms with Gasteiger partial charge in [0.25, 0.3) is 15.7 Å². The lowest BCUT2D eigenvalue weighted by Crippen LogP contribution is -2.71. The molecule has 10 nitrogen and oxygen atoms in total. The van der Waals surface area contributed by atoms with E-state index in [0.717, 1.165) is 12.1 Å². The van der Waals surface area contributed by atoms with Crippen LogP contribution in [0.4, 0.5) is 5.69 Å². The number of amides is 1. The SMILES string of the molecule is COC(=O)C1=C[C@H]2C(=O)N(S(=O)(=O)c3ccccc3[N+](=O)[O-])[C@@H]1C1CCC=CC12O[Si](C)(C)C. The Hall–Kier alpha value is -2.83. The molecule has 1 aromatic rings. The molecule has 0 saturated carbocycles. The number of piperidine rings is 1. The van der Waals surface area contributed by atoms with Crippen LogP contribution in [-0.4, -0.2) is 56.6 Å². The van der Waals surface area contributed by atoms with Crippen molar-refractivity contribution in [1.29, 1.82) is 0 Å². The van der Waals surface area contributed by atoms with Gasteiger partial charge in [-0.1, -0.05) is 30.4 Å². The van der Waals surface area contributed by atoms with Crippen molar-refractivity contribution in [2.75, 3.05) is 7.11 Å². The van der Waals surface area contributed by atoms with E-state index < -0.39 is 69.2 Å². The van der Waals surface area contributed by atoms with Crippen molar-refractivity contribution in [2.24, 2.45) is 11.8 Å². The molecule has 2 bridgehead atoms. The van der Waals surface area contributed by atoms with Gasteiger partial charge < -0.3 is 9.16 Å². The Morgan fingerprint density at radius 3 is 2.56 bits per heavy atom. The first-order chi connectivity index (χ1) is 15.8. The van der Waals surface area contributed by atoms with Gasteiger partial charge in [-0.3, -0.25) is 14.9 Å². The molecule has 1 amide bonds. The topological polar surface area (TPSA) is 133 Å². The van der Waals surface area contributed by atoms with E-state index in [1.165, 1.54) is 25.3 Å². The maximum Gasteiger partial charge on any atom is 0.335 e. The van der Waals surface area contributed by atoms with Gasteiger partial charge in [-0.25, -0.2) is 17.5 Å². The first-order valence-corrected chi connectivity index (χ1v) is 15.7. The van der Waals surface area contributed by atoms with Crippen LogP contribution in [0.1, 0.15) is 12.8 Å². The van der Waals surface area contributed by atoms with Crippen molar-refractivity contribution in [3.8, 4) is 0 Å². The van der Waals surface area contributed by atoms with E-state index >= 15 is 0 Å². The number of allylic oxidation sites excluding steroid dienone is 1. The Bertz CT molecular complexity index is 1240. The summed E-state index contributed by atoms with van der Waals surface area (Å²) in [6, 6.07) is 3.65. The number of para-hydroxylation sites is 1. The molecule has 2 heterocycles. The number of methoxy groups -OCH3 is 1. The van der Waals surface area contributed by atoms with Crippen LogP contribution in [0.2, 0.25) is 19.6 Å². The maximum absolute atomic E-state index is 13.8. The molecule has 4 atom stereocenters. The number of esters is 1. The minimum atomic E-state index is -4.69. The summed E-state index contributed by atoms with van der Waals surface area (Å²) in [5.74, 6) is -3.18. The third kappa shape index (κ3) is 3.60. The molecule has 2 unspecified atom stereocenters. The summed E-state index contributed by atoms with van der Waals surface area (Å²) in [6.45, 7) is 5.92. The number of rotatable bonds is 6. The number of hydrogen-bond acceptors (Lipinski definition) is 8. The predicted octanol–water partition coefficient (Wildman–Crippen LogP) is 2.78. The first kappa shape index (κ1) is 24.3. The zero-order chi connectivity index (χ0) is 25.1. The average molecular weight is 507 g/mol. The largest absolute Gasteiger partial charge is 0.466 e. The van der Waals surface area contributed by atoms with Crippen LogP contribution in [-0.2, 0) is 28.8 Å².